The van der Waals surface area contributed by atoms with Crippen molar-refractivity contribution in [2.24, 2.45) is 0 Å². The molecule has 11 rings (SSSR count). The Morgan fingerprint density at radius 2 is 0.965 bits per heavy atom. The summed E-state index contributed by atoms with van der Waals surface area (Å²) in [6, 6.07) is 61.8. The van der Waals surface area contributed by atoms with Gasteiger partial charge in [0.2, 0.25) is 0 Å². The van der Waals surface area contributed by atoms with Gasteiger partial charge in [0.25, 0.3) is 0 Å². The minimum atomic E-state index is 0.624. The van der Waals surface area contributed by atoms with E-state index in [-0.39, 0.29) is 0 Å². The molecule has 0 amide bonds. The average molecular weight is 730 g/mol. The van der Waals surface area contributed by atoms with E-state index in [0.29, 0.717) is 17.5 Å². The number of benzene rings is 8. The fraction of sp³-hybridized carbons (Fsp3) is 0.0377. The second kappa shape index (κ2) is 13.7. The van der Waals surface area contributed by atoms with Gasteiger partial charge in [0.15, 0.2) is 17.5 Å². The Labute approximate surface area is 330 Å². The topological polar surface area (TPSA) is 51.8 Å². The van der Waals surface area contributed by atoms with Crippen molar-refractivity contribution in [3.63, 3.8) is 0 Å². The quantitative estimate of drug-likeness (QED) is 0.160. The highest BCUT2D eigenvalue weighted by molar-refractivity contribution is 6.16. The fourth-order valence-corrected chi connectivity index (χ4v) is 8.40. The second-order valence-electron chi connectivity index (χ2n) is 14.7. The van der Waals surface area contributed by atoms with Crippen molar-refractivity contribution in [3.05, 3.63) is 199 Å². The Kier molecular flexibility index (Phi) is 7.92. The van der Waals surface area contributed by atoms with Gasteiger partial charge in [0, 0.05) is 21.9 Å². The molecule has 0 saturated carbocycles. The third-order valence-electron chi connectivity index (χ3n) is 11.3. The van der Waals surface area contributed by atoms with E-state index in [1.807, 2.05) is 18.2 Å². The third-order valence-corrected chi connectivity index (χ3v) is 11.3. The molecule has 4 nitrogen and oxygen atoms in total. The molecule has 0 aliphatic heterocycles. The predicted octanol–water partition coefficient (Wildman–Crippen LogP) is 14.0. The van der Waals surface area contributed by atoms with Gasteiger partial charge in [-0.3, -0.25) is 0 Å². The molecule has 2 aromatic heterocycles. The predicted molar refractivity (Wildman–Crippen MR) is 235 cm³/mol. The summed E-state index contributed by atoms with van der Waals surface area (Å²) in [5, 5.41) is 6.96. The summed E-state index contributed by atoms with van der Waals surface area (Å²) >= 11 is 0. The first kappa shape index (κ1) is 33.0. The molecular weight excluding hydrogens is 695 g/mol. The van der Waals surface area contributed by atoms with E-state index in [9.17, 15) is 0 Å². The molecule has 57 heavy (non-hydrogen) atoms. The van der Waals surface area contributed by atoms with Crippen LogP contribution in [0, 0.1) is 0 Å². The minimum Gasteiger partial charge on any atom is -0.456 e. The molecule has 0 N–H and O–H groups in total. The summed E-state index contributed by atoms with van der Waals surface area (Å²) < 4.78 is 6.66. The average Bonchev–Trinajstić information content (AvgIpc) is 3.68. The Bertz CT molecular complexity index is 3210. The molecule has 10 aromatic rings. The first-order chi connectivity index (χ1) is 28.2. The number of rotatable bonds is 6. The number of allylic oxidation sites excluding steroid dienone is 4. The van der Waals surface area contributed by atoms with Gasteiger partial charge in [-0.2, -0.15) is 0 Å². The summed E-state index contributed by atoms with van der Waals surface area (Å²) in [7, 11) is 0. The summed E-state index contributed by atoms with van der Waals surface area (Å²) in [6.07, 6.45) is 6.14. The monoisotopic (exact) mass is 729 g/mol. The Morgan fingerprint density at radius 1 is 0.351 bits per heavy atom. The third kappa shape index (κ3) is 5.90. The molecule has 268 valence electrons. The smallest absolute Gasteiger partial charge is 0.164 e. The van der Waals surface area contributed by atoms with Crippen LogP contribution in [-0.2, 0) is 0 Å². The molecule has 4 heteroatoms. The zero-order valence-electron chi connectivity index (χ0n) is 31.1. The lowest BCUT2D eigenvalue weighted by Crippen LogP contribution is -2.04. The number of hydrogen-bond acceptors (Lipinski definition) is 4. The van der Waals surface area contributed by atoms with Crippen LogP contribution in [0.2, 0.25) is 0 Å². The molecular formula is C53H35N3O. The van der Waals surface area contributed by atoms with Gasteiger partial charge in [0.1, 0.15) is 11.2 Å². The van der Waals surface area contributed by atoms with Crippen LogP contribution >= 0.6 is 0 Å². The minimum absolute atomic E-state index is 0.624. The molecule has 8 aromatic carbocycles. The van der Waals surface area contributed by atoms with Crippen LogP contribution in [0.1, 0.15) is 24.2 Å². The molecule has 1 aliphatic rings. The van der Waals surface area contributed by atoms with Crippen LogP contribution in [-0.4, -0.2) is 15.0 Å². The zero-order chi connectivity index (χ0) is 37.7. The maximum Gasteiger partial charge on any atom is 0.164 e. The lowest BCUT2D eigenvalue weighted by molar-refractivity contribution is 0.669. The van der Waals surface area contributed by atoms with Crippen molar-refractivity contribution in [1.82, 2.24) is 15.0 Å². The highest BCUT2D eigenvalue weighted by Crippen LogP contribution is 2.41. The van der Waals surface area contributed by atoms with Crippen LogP contribution in [0.15, 0.2) is 192 Å². The van der Waals surface area contributed by atoms with Crippen molar-refractivity contribution in [1.29, 1.82) is 0 Å². The molecule has 0 radical (unpaired) electrons. The van der Waals surface area contributed by atoms with Gasteiger partial charge in [-0.05, 0) is 97.6 Å². The molecule has 0 spiro atoms. The van der Waals surface area contributed by atoms with Gasteiger partial charge in [-0.1, -0.05) is 164 Å². The van der Waals surface area contributed by atoms with Gasteiger partial charge < -0.3 is 4.42 Å². The fourth-order valence-electron chi connectivity index (χ4n) is 8.40. The van der Waals surface area contributed by atoms with Crippen LogP contribution in [0.25, 0.3) is 99.7 Å². The Balaban J connectivity index is 1.05. The molecule has 0 saturated heterocycles. The van der Waals surface area contributed by atoms with Crippen LogP contribution in [0.3, 0.4) is 0 Å². The Hall–Kier alpha value is -7.43. The highest BCUT2D eigenvalue weighted by atomic mass is 16.3. The van der Waals surface area contributed by atoms with Crippen LogP contribution in [0.5, 0.6) is 0 Å². The summed E-state index contributed by atoms with van der Waals surface area (Å²) in [5.74, 6) is 1.96. The van der Waals surface area contributed by atoms with Crippen molar-refractivity contribution < 1.29 is 4.42 Å². The van der Waals surface area contributed by atoms with E-state index in [4.69, 9.17) is 19.4 Å². The first-order valence-electron chi connectivity index (χ1n) is 19.5. The van der Waals surface area contributed by atoms with Crippen molar-refractivity contribution >= 4 is 54.6 Å². The largest absolute Gasteiger partial charge is 0.456 e. The van der Waals surface area contributed by atoms with E-state index in [1.165, 1.54) is 43.8 Å². The van der Waals surface area contributed by atoms with Crippen LogP contribution in [0.4, 0.5) is 0 Å². The van der Waals surface area contributed by atoms with Gasteiger partial charge in [-0.15, -0.1) is 0 Å². The van der Waals surface area contributed by atoms with E-state index in [2.05, 4.69) is 170 Å². The van der Waals surface area contributed by atoms with Gasteiger partial charge in [-0.25, -0.2) is 15.0 Å². The van der Waals surface area contributed by atoms with Crippen molar-refractivity contribution in [2.75, 3.05) is 0 Å². The normalized spacial score (nSPS) is 13.0. The number of nitrogens with zero attached hydrogens (tertiary/aromatic N) is 3. The molecule has 0 atom stereocenters. The Morgan fingerprint density at radius 3 is 1.75 bits per heavy atom. The zero-order valence-corrected chi connectivity index (χ0v) is 31.1. The molecule has 0 unspecified atom stereocenters. The molecule has 1 aliphatic carbocycles. The van der Waals surface area contributed by atoms with Gasteiger partial charge >= 0.3 is 0 Å². The van der Waals surface area contributed by atoms with Crippen molar-refractivity contribution in [2.45, 2.75) is 12.8 Å². The molecule has 2 heterocycles. The summed E-state index contributed by atoms with van der Waals surface area (Å²) in [5.41, 5.74) is 11.7. The maximum atomic E-state index is 6.66. The first-order valence-corrected chi connectivity index (χ1v) is 19.5. The molecule has 0 bridgehead atoms. The van der Waals surface area contributed by atoms with E-state index in [0.717, 1.165) is 62.6 Å². The van der Waals surface area contributed by atoms with Crippen molar-refractivity contribution in [3.8, 4) is 45.0 Å². The lowest BCUT2D eigenvalue weighted by Gasteiger charge is -2.16. The maximum absolute atomic E-state index is 6.66. The lowest BCUT2D eigenvalue weighted by atomic mass is 9.92. The number of hydrogen-bond donors (Lipinski definition) is 0. The summed E-state index contributed by atoms with van der Waals surface area (Å²) in [6.45, 7) is 0. The second-order valence-corrected chi connectivity index (χ2v) is 14.7. The van der Waals surface area contributed by atoms with E-state index in [1.54, 1.807) is 0 Å². The highest BCUT2D eigenvalue weighted by Gasteiger charge is 2.20. The SMILES string of the molecule is C1=C(c2ccccc2)CCC(c2nc(-c3ccc(-c4ccccc4)cc3)nc(-c3cccc4oc5cc(-c6cc7ccccc7c7ccccc67)ccc5c34)n2)=C1. The number of furan rings is 1. The van der Waals surface area contributed by atoms with Gasteiger partial charge in [0.05, 0.1) is 0 Å². The molecule has 0 fully saturated rings. The standard InChI is InChI=1S/C53H35N3O/c1-3-12-34(13-4-1)36-22-26-38(27-23-36)51-54-52(39-28-24-37(25-29-39)35-14-5-2-6-15-35)56-53(55-51)46-20-11-21-48-50(46)45-31-30-41(33-49(45)57-48)47-32-40-16-7-8-17-42(40)43-18-9-10-19-44(43)47/h1-24,26-28,30-33H,25,29H2. The number of aromatic nitrogens is 3. The number of fused-ring (bicyclic) bond motifs is 6. The van der Waals surface area contributed by atoms with E-state index >= 15 is 0 Å². The summed E-state index contributed by atoms with van der Waals surface area (Å²) in [4.78, 5) is 15.5. The van der Waals surface area contributed by atoms with E-state index < -0.39 is 0 Å². The van der Waals surface area contributed by atoms with Crippen LogP contribution < -0.4 is 0 Å².